The number of likely N-dealkylation sites (tertiary alicyclic amines) is 1. The number of amides is 1. The van der Waals surface area contributed by atoms with Gasteiger partial charge < -0.3 is 10.2 Å². The summed E-state index contributed by atoms with van der Waals surface area (Å²) < 4.78 is 1.52. The minimum Gasteiger partial charge on any atom is -0.352 e. The smallest absolute Gasteiger partial charge is 0.261 e. The Morgan fingerprint density at radius 1 is 1.07 bits per heavy atom. The predicted molar refractivity (Wildman–Crippen MR) is 118 cm³/mol. The van der Waals surface area contributed by atoms with Crippen LogP contribution in [0.2, 0.25) is 0 Å². The van der Waals surface area contributed by atoms with Crippen LogP contribution in [0.5, 0.6) is 0 Å². The first-order valence-corrected chi connectivity index (χ1v) is 10.7. The molecule has 1 N–H and O–H groups in total. The molecule has 0 radical (unpaired) electrons. The minimum absolute atomic E-state index is 0.00929. The highest BCUT2D eigenvalue weighted by molar-refractivity contribution is 5.77. The van der Waals surface area contributed by atoms with Crippen LogP contribution in [0.4, 0.5) is 0 Å². The number of benzene rings is 2. The summed E-state index contributed by atoms with van der Waals surface area (Å²) in [5.41, 5.74) is 1.93. The molecule has 1 amide bonds. The quantitative estimate of drug-likeness (QED) is 0.657. The van der Waals surface area contributed by atoms with Crippen LogP contribution in [0.3, 0.4) is 0 Å². The van der Waals surface area contributed by atoms with E-state index in [4.69, 9.17) is 0 Å². The second-order valence-corrected chi connectivity index (χ2v) is 7.95. The van der Waals surface area contributed by atoms with Crippen LogP contribution < -0.4 is 10.9 Å². The van der Waals surface area contributed by atoms with Crippen LogP contribution in [-0.4, -0.2) is 46.0 Å². The van der Waals surface area contributed by atoms with E-state index in [1.54, 1.807) is 6.07 Å². The van der Waals surface area contributed by atoms with Crippen LogP contribution in [0.1, 0.15) is 24.8 Å². The van der Waals surface area contributed by atoms with Gasteiger partial charge in [-0.3, -0.25) is 14.2 Å². The first-order valence-electron chi connectivity index (χ1n) is 10.7. The van der Waals surface area contributed by atoms with Crippen LogP contribution in [0.25, 0.3) is 10.9 Å². The number of fused-ring (bicyclic) bond motifs is 1. The zero-order valence-corrected chi connectivity index (χ0v) is 17.2. The van der Waals surface area contributed by atoms with Crippen molar-refractivity contribution in [3.8, 4) is 0 Å². The summed E-state index contributed by atoms with van der Waals surface area (Å²) >= 11 is 0. The van der Waals surface area contributed by atoms with Gasteiger partial charge in [0, 0.05) is 32.1 Å². The van der Waals surface area contributed by atoms with Crippen LogP contribution in [0, 0.1) is 0 Å². The molecule has 2 aromatic carbocycles. The number of nitrogens with one attached hydrogen (secondary N) is 1. The zero-order valence-electron chi connectivity index (χ0n) is 17.2. The van der Waals surface area contributed by atoms with E-state index in [-0.39, 0.29) is 23.9 Å². The maximum Gasteiger partial charge on any atom is 0.261 e. The second kappa shape index (κ2) is 9.67. The SMILES string of the molecule is O=C(CCn1cnc2ccccc2c1=O)NC1CCCN(CCc2ccccc2)C1. The van der Waals surface area contributed by atoms with Crippen LogP contribution >= 0.6 is 0 Å². The lowest BCUT2D eigenvalue weighted by atomic mass is 10.0. The van der Waals surface area contributed by atoms with Gasteiger partial charge in [-0.25, -0.2) is 4.98 Å². The Kier molecular flexibility index (Phi) is 6.54. The first-order chi connectivity index (χ1) is 14.7. The molecule has 1 saturated heterocycles. The number of aryl methyl sites for hydroxylation is 1. The minimum atomic E-state index is -0.0989. The molecule has 0 aliphatic carbocycles. The summed E-state index contributed by atoms with van der Waals surface area (Å²) in [5.74, 6) is -0.00929. The van der Waals surface area contributed by atoms with Gasteiger partial charge in [0.2, 0.25) is 5.91 Å². The van der Waals surface area contributed by atoms with E-state index in [9.17, 15) is 9.59 Å². The van der Waals surface area contributed by atoms with Crippen molar-refractivity contribution < 1.29 is 4.79 Å². The standard InChI is InChI=1S/C24H28N4O2/c29-23(13-16-28-18-25-22-11-5-4-10-21(22)24(28)30)26-20-9-6-14-27(17-20)15-12-19-7-2-1-3-8-19/h1-5,7-8,10-11,18,20H,6,9,12-17H2,(H,26,29). The van der Waals surface area contributed by atoms with Gasteiger partial charge in [-0.1, -0.05) is 42.5 Å². The summed E-state index contributed by atoms with van der Waals surface area (Å²) in [6.45, 7) is 3.31. The van der Waals surface area contributed by atoms with Gasteiger partial charge in [-0.2, -0.15) is 0 Å². The Bertz CT molecular complexity index is 1050. The number of rotatable bonds is 7. The highest BCUT2D eigenvalue weighted by Crippen LogP contribution is 2.12. The van der Waals surface area contributed by atoms with Crippen molar-refractivity contribution in [2.45, 2.75) is 38.3 Å². The summed E-state index contributed by atoms with van der Waals surface area (Å²) in [7, 11) is 0. The van der Waals surface area contributed by atoms with E-state index in [0.717, 1.165) is 38.9 Å². The average molecular weight is 405 g/mol. The molecule has 1 aromatic heterocycles. The highest BCUT2D eigenvalue weighted by atomic mass is 16.2. The van der Waals surface area contributed by atoms with Crippen molar-refractivity contribution >= 4 is 16.8 Å². The number of nitrogens with zero attached hydrogens (tertiary/aromatic N) is 3. The fraction of sp³-hybridized carbons (Fsp3) is 0.375. The first kappa shape index (κ1) is 20.3. The van der Waals surface area contributed by atoms with E-state index in [2.05, 4.69) is 39.5 Å². The lowest BCUT2D eigenvalue weighted by molar-refractivity contribution is -0.122. The number of hydrogen-bond acceptors (Lipinski definition) is 4. The van der Waals surface area contributed by atoms with Gasteiger partial charge in [-0.05, 0) is 43.5 Å². The monoisotopic (exact) mass is 404 g/mol. The maximum atomic E-state index is 12.5. The molecule has 156 valence electrons. The summed E-state index contributed by atoms with van der Waals surface area (Å²) in [6.07, 6.45) is 4.93. The molecule has 1 atom stereocenters. The molecule has 6 nitrogen and oxygen atoms in total. The second-order valence-electron chi connectivity index (χ2n) is 7.95. The van der Waals surface area contributed by atoms with Gasteiger partial charge in [0.15, 0.2) is 0 Å². The van der Waals surface area contributed by atoms with E-state index in [0.29, 0.717) is 17.4 Å². The number of carbonyl (C=O) groups excluding carboxylic acids is 1. The van der Waals surface area contributed by atoms with Crippen molar-refractivity contribution in [1.29, 1.82) is 0 Å². The lowest BCUT2D eigenvalue weighted by Gasteiger charge is -2.33. The third-order valence-electron chi connectivity index (χ3n) is 5.74. The average Bonchev–Trinajstić information content (AvgIpc) is 2.78. The summed E-state index contributed by atoms with van der Waals surface area (Å²) in [4.78, 5) is 31.8. The molecule has 1 fully saturated rings. The maximum absolute atomic E-state index is 12.5. The molecule has 1 aliphatic heterocycles. The van der Waals surface area contributed by atoms with E-state index in [1.165, 1.54) is 16.5 Å². The number of para-hydroxylation sites is 1. The van der Waals surface area contributed by atoms with Crippen molar-refractivity contribution in [1.82, 2.24) is 19.8 Å². The van der Waals surface area contributed by atoms with Gasteiger partial charge in [0.1, 0.15) is 0 Å². The molecule has 1 unspecified atom stereocenters. The zero-order chi connectivity index (χ0) is 20.8. The topological polar surface area (TPSA) is 67.2 Å². The Morgan fingerprint density at radius 2 is 1.87 bits per heavy atom. The van der Waals surface area contributed by atoms with Gasteiger partial charge in [0.25, 0.3) is 5.56 Å². The fourth-order valence-corrected chi connectivity index (χ4v) is 4.10. The predicted octanol–water partition coefficient (Wildman–Crippen LogP) is 2.61. The molecule has 0 saturated carbocycles. The van der Waals surface area contributed by atoms with Crippen LogP contribution in [0.15, 0.2) is 65.7 Å². The Hall–Kier alpha value is -2.99. The number of aromatic nitrogens is 2. The van der Waals surface area contributed by atoms with E-state index in [1.807, 2.05) is 24.3 Å². The van der Waals surface area contributed by atoms with Gasteiger partial charge >= 0.3 is 0 Å². The summed E-state index contributed by atoms with van der Waals surface area (Å²) in [5, 5.41) is 3.74. The number of carbonyl (C=O) groups is 1. The van der Waals surface area contributed by atoms with E-state index >= 15 is 0 Å². The molecule has 6 heteroatoms. The molecular formula is C24H28N4O2. The third kappa shape index (κ3) is 5.13. The molecule has 0 bridgehead atoms. The Morgan fingerprint density at radius 3 is 2.73 bits per heavy atom. The van der Waals surface area contributed by atoms with Gasteiger partial charge in [-0.15, -0.1) is 0 Å². The van der Waals surface area contributed by atoms with Crippen molar-refractivity contribution in [2.24, 2.45) is 0 Å². The highest BCUT2D eigenvalue weighted by Gasteiger charge is 2.21. The fourth-order valence-electron chi connectivity index (χ4n) is 4.10. The summed E-state index contributed by atoms with van der Waals surface area (Å²) in [6, 6.07) is 18.0. The van der Waals surface area contributed by atoms with Crippen molar-refractivity contribution in [3.63, 3.8) is 0 Å². The molecule has 3 aromatic rings. The van der Waals surface area contributed by atoms with E-state index < -0.39 is 0 Å². The molecular weight excluding hydrogens is 376 g/mol. The molecule has 4 rings (SSSR count). The van der Waals surface area contributed by atoms with Crippen LogP contribution in [-0.2, 0) is 17.8 Å². The normalized spacial score (nSPS) is 17.1. The Labute approximate surface area is 176 Å². The number of hydrogen-bond donors (Lipinski definition) is 1. The molecule has 0 spiro atoms. The third-order valence-corrected chi connectivity index (χ3v) is 5.74. The molecule has 2 heterocycles. The molecule has 30 heavy (non-hydrogen) atoms. The Balaban J connectivity index is 1.26. The van der Waals surface area contributed by atoms with Gasteiger partial charge in [0.05, 0.1) is 17.2 Å². The number of piperidine rings is 1. The van der Waals surface area contributed by atoms with Crippen molar-refractivity contribution in [3.05, 3.63) is 76.8 Å². The molecule has 1 aliphatic rings. The lowest BCUT2D eigenvalue weighted by Crippen LogP contribution is -2.48. The largest absolute Gasteiger partial charge is 0.352 e. The van der Waals surface area contributed by atoms with Crippen molar-refractivity contribution in [2.75, 3.05) is 19.6 Å².